The predicted molar refractivity (Wildman–Crippen MR) is 68.5 cm³/mol. The Hall–Kier alpha value is -0.0400. The van der Waals surface area contributed by atoms with Crippen LogP contribution in [0.25, 0.3) is 0 Å². The van der Waals surface area contributed by atoms with Gasteiger partial charge in [0.05, 0.1) is 0 Å². The van der Waals surface area contributed by atoms with Crippen LogP contribution in [0.3, 0.4) is 0 Å². The number of piperidine rings is 1. The van der Waals surface area contributed by atoms with E-state index in [2.05, 4.69) is 11.8 Å². The average Bonchev–Trinajstić information content (AvgIpc) is 2.24. The average molecular weight is 221 g/mol. The number of nitrogens with zero attached hydrogens (tertiary/aromatic N) is 1. The first-order valence-electron chi connectivity index (χ1n) is 7.52. The van der Waals surface area contributed by atoms with E-state index in [1.54, 1.807) is 0 Å². The summed E-state index contributed by atoms with van der Waals surface area (Å²) in [6.45, 7) is 5.27. The van der Waals surface area contributed by atoms with Gasteiger partial charge in [-0.15, -0.1) is 0 Å². The Morgan fingerprint density at radius 1 is 0.875 bits per heavy atom. The molecular formula is C15H27N. The van der Waals surface area contributed by atoms with Crippen molar-refractivity contribution in [2.75, 3.05) is 13.1 Å². The third kappa shape index (κ3) is 2.03. The zero-order chi connectivity index (χ0) is 11.0. The standard InChI is InChI=1S/C15H27N/c1-13-5-7-15(8-6-13)9-11-16(12-10-15)14-3-2-4-14/h13-14H,2-12H2,1H3. The lowest BCUT2D eigenvalue weighted by molar-refractivity contribution is 0.0163. The van der Waals surface area contributed by atoms with Gasteiger partial charge in [-0.1, -0.05) is 26.2 Å². The van der Waals surface area contributed by atoms with Crippen molar-refractivity contribution in [2.24, 2.45) is 11.3 Å². The maximum Gasteiger partial charge on any atom is 0.00952 e. The van der Waals surface area contributed by atoms with Crippen molar-refractivity contribution in [3.8, 4) is 0 Å². The molecule has 1 saturated heterocycles. The zero-order valence-electron chi connectivity index (χ0n) is 10.9. The van der Waals surface area contributed by atoms with E-state index in [9.17, 15) is 0 Å². The van der Waals surface area contributed by atoms with Crippen LogP contribution in [0.5, 0.6) is 0 Å². The molecule has 3 fully saturated rings. The van der Waals surface area contributed by atoms with Crippen LogP contribution in [-0.2, 0) is 0 Å². The maximum absolute atomic E-state index is 2.80. The van der Waals surface area contributed by atoms with Gasteiger partial charge in [0.15, 0.2) is 0 Å². The number of likely N-dealkylation sites (tertiary alicyclic amines) is 1. The molecule has 3 rings (SSSR count). The molecule has 0 radical (unpaired) electrons. The van der Waals surface area contributed by atoms with E-state index in [1.807, 2.05) is 0 Å². The second kappa shape index (κ2) is 4.33. The Kier molecular flexibility index (Phi) is 2.99. The van der Waals surface area contributed by atoms with Crippen molar-refractivity contribution < 1.29 is 0 Å². The molecule has 0 unspecified atom stereocenters. The lowest BCUT2D eigenvalue weighted by Gasteiger charge is -2.49. The van der Waals surface area contributed by atoms with Gasteiger partial charge in [0, 0.05) is 6.04 Å². The topological polar surface area (TPSA) is 3.24 Å². The molecule has 16 heavy (non-hydrogen) atoms. The highest BCUT2D eigenvalue weighted by Gasteiger charge is 2.39. The molecule has 0 aromatic heterocycles. The van der Waals surface area contributed by atoms with Gasteiger partial charge in [0.25, 0.3) is 0 Å². The summed E-state index contributed by atoms with van der Waals surface area (Å²) in [7, 11) is 0. The van der Waals surface area contributed by atoms with Gasteiger partial charge in [-0.05, 0) is 62.9 Å². The van der Waals surface area contributed by atoms with Crippen molar-refractivity contribution in [1.29, 1.82) is 0 Å². The largest absolute Gasteiger partial charge is 0.300 e. The lowest BCUT2D eigenvalue weighted by atomic mass is 9.65. The normalized spacial score (nSPS) is 32.8. The fourth-order valence-electron chi connectivity index (χ4n) is 3.99. The van der Waals surface area contributed by atoms with E-state index < -0.39 is 0 Å². The molecule has 1 spiro atoms. The molecule has 0 bridgehead atoms. The van der Waals surface area contributed by atoms with Crippen molar-refractivity contribution in [1.82, 2.24) is 4.90 Å². The van der Waals surface area contributed by atoms with Crippen molar-refractivity contribution in [3.05, 3.63) is 0 Å². The van der Waals surface area contributed by atoms with Crippen molar-refractivity contribution in [2.45, 2.75) is 70.8 Å². The van der Waals surface area contributed by atoms with Crippen LogP contribution in [0.15, 0.2) is 0 Å². The molecule has 0 aromatic carbocycles. The van der Waals surface area contributed by atoms with Crippen LogP contribution in [0.2, 0.25) is 0 Å². The van der Waals surface area contributed by atoms with Crippen LogP contribution < -0.4 is 0 Å². The van der Waals surface area contributed by atoms with Crippen LogP contribution in [0.1, 0.15) is 64.7 Å². The quantitative estimate of drug-likeness (QED) is 0.650. The lowest BCUT2D eigenvalue weighted by Crippen LogP contribution is -2.48. The minimum atomic E-state index is 0.784. The highest BCUT2D eigenvalue weighted by atomic mass is 15.2. The van der Waals surface area contributed by atoms with E-state index in [0.29, 0.717) is 0 Å². The molecule has 2 saturated carbocycles. The van der Waals surface area contributed by atoms with E-state index in [4.69, 9.17) is 0 Å². The molecule has 1 heteroatoms. The van der Waals surface area contributed by atoms with Crippen molar-refractivity contribution in [3.63, 3.8) is 0 Å². The third-order valence-electron chi connectivity index (χ3n) is 5.78. The summed E-state index contributed by atoms with van der Waals surface area (Å²) in [5, 5.41) is 0. The zero-order valence-corrected chi connectivity index (χ0v) is 10.9. The Morgan fingerprint density at radius 2 is 1.50 bits per heavy atom. The maximum atomic E-state index is 2.80. The summed E-state index contributed by atoms with van der Waals surface area (Å²) in [6.07, 6.45) is 13.6. The number of rotatable bonds is 1. The fourth-order valence-corrected chi connectivity index (χ4v) is 3.99. The first-order valence-corrected chi connectivity index (χ1v) is 7.52. The number of hydrogen-bond donors (Lipinski definition) is 0. The fraction of sp³-hybridized carbons (Fsp3) is 1.00. The van der Waals surface area contributed by atoms with E-state index in [-0.39, 0.29) is 0 Å². The van der Waals surface area contributed by atoms with E-state index >= 15 is 0 Å². The minimum Gasteiger partial charge on any atom is -0.300 e. The highest BCUT2D eigenvalue weighted by molar-refractivity contribution is 4.92. The van der Waals surface area contributed by atoms with Crippen LogP contribution in [0, 0.1) is 11.3 Å². The Morgan fingerprint density at radius 3 is 2.00 bits per heavy atom. The van der Waals surface area contributed by atoms with Crippen LogP contribution in [0.4, 0.5) is 0 Å². The molecule has 1 aliphatic heterocycles. The summed E-state index contributed by atoms with van der Waals surface area (Å²) in [5.74, 6) is 1.01. The molecule has 1 nitrogen and oxygen atoms in total. The van der Waals surface area contributed by atoms with Crippen LogP contribution >= 0.6 is 0 Å². The Labute approximate surface area is 101 Å². The van der Waals surface area contributed by atoms with E-state index in [1.165, 1.54) is 70.9 Å². The SMILES string of the molecule is CC1CCC2(CC1)CCN(C1CCC1)CC2. The molecule has 0 N–H and O–H groups in total. The van der Waals surface area contributed by atoms with Crippen molar-refractivity contribution >= 4 is 0 Å². The summed E-state index contributed by atoms with van der Waals surface area (Å²) < 4.78 is 0. The Bertz CT molecular complexity index is 226. The van der Waals surface area contributed by atoms with Gasteiger partial charge in [-0.3, -0.25) is 0 Å². The molecule has 0 amide bonds. The molecule has 3 aliphatic rings. The van der Waals surface area contributed by atoms with Gasteiger partial charge in [0.2, 0.25) is 0 Å². The van der Waals surface area contributed by atoms with Gasteiger partial charge in [0.1, 0.15) is 0 Å². The predicted octanol–water partition coefficient (Wildman–Crippen LogP) is 3.83. The number of hydrogen-bond acceptors (Lipinski definition) is 1. The van der Waals surface area contributed by atoms with Crippen LogP contribution in [-0.4, -0.2) is 24.0 Å². The summed E-state index contributed by atoms with van der Waals surface area (Å²) in [4.78, 5) is 2.80. The summed E-state index contributed by atoms with van der Waals surface area (Å²) in [5.41, 5.74) is 0.784. The van der Waals surface area contributed by atoms with Gasteiger partial charge in [-0.2, -0.15) is 0 Å². The first kappa shape index (κ1) is 11.1. The molecule has 1 heterocycles. The molecule has 92 valence electrons. The smallest absolute Gasteiger partial charge is 0.00952 e. The second-order valence-electron chi connectivity index (χ2n) is 6.80. The third-order valence-corrected chi connectivity index (χ3v) is 5.78. The van der Waals surface area contributed by atoms with Gasteiger partial charge in [-0.25, -0.2) is 0 Å². The highest BCUT2D eigenvalue weighted by Crippen LogP contribution is 2.47. The second-order valence-corrected chi connectivity index (χ2v) is 6.80. The van der Waals surface area contributed by atoms with Gasteiger partial charge >= 0.3 is 0 Å². The first-order chi connectivity index (χ1) is 7.77. The summed E-state index contributed by atoms with van der Waals surface area (Å²) in [6, 6.07) is 0.986. The molecule has 0 atom stereocenters. The minimum absolute atomic E-state index is 0.784. The summed E-state index contributed by atoms with van der Waals surface area (Å²) >= 11 is 0. The molecular weight excluding hydrogens is 194 g/mol. The molecule has 0 aromatic rings. The Balaban J connectivity index is 1.53. The van der Waals surface area contributed by atoms with Gasteiger partial charge < -0.3 is 4.90 Å². The molecule has 2 aliphatic carbocycles. The monoisotopic (exact) mass is 221 g/mol. The van der Waals surface area contributed by atoms with E-state index in [0.717, 1.165) is 17.4 Å².